The number of fused-ring (bicyclic) bond motifs is 2. The van der Waals surface area contributed by atoms with E-state index in [1.165, 1.54) is 13.2 Å². The Balaban J connectivity index is 1.57. The van der Waals surface area contributed by atoms with Gasteiger partial charge in [0.05, 0.1) is 25.7 Å². The van der Waals surface area contributed by atoms with Crippen molar-refractivity contribution in [1.29, 1.82) is 0 Å². The number of rotatable bonds is 4. The Morgan fingerprint density at radius 1 is 1.24 bits per heavy atom. The van der Waals surface area contributed by atoms with E-state index in [1.54, 1.807) is 12.1 Å². The molecule has 4 rings (SSSR count). The molecular formula is C22H21F3O4. The van der Waals surface area contributed by atoms with Crippen LogP contribution in [0.5, 0.6) is 11.5 Å². The number of carbonyl (C=O) groups excluding carboxylic acids is 1. The molecule has 0 bridgehead atoms. The minimum absolute atomic E-state index is 0.0738. The van der Waals surface area contributed by atoms with E-state index in [-0.39, 0.29) is 18.3 Å². The van der Waals surface area contributed by atoms with Gasteiger partial charge in [0.2, 0.25) is 0 Å². The summed E-state index contributed by atoms with van der Waals surface area (Å²) in [7, 11) is 1.35. The lowest BCUT2D eigenvalue weighted by atomic mass is 9.97. The first-order valence-electron chi connectivity index (χ1n) is 9.47. The molecule has 1 aliphatic carbocycles. The van der Waals surface area contributed by atoms with Crippen LogP contribution in [-0.2, 0) is 22.1 Å². The maximum atomic E-state index is 13.3. The van der Waals surface area contributed by atoms with Gasteiger partial charge in [-0.1, -0.05) is 12.1 Å². The van der Waals surface area contributed by atoms with Crippen molar-refractivity contribution in [3.63, 3.8) is 0 Å². The number of carbonyl (C=O) groups is 1. The normalized spacial score (nSPS) is 20.0. The van der Waals surface area contributed by atoms with E-state index in [0.717, 1.165) is 17.2 Å². The Hall–Kier alpha value is -2.70. The molecule has 154 valence electrons. The number of hydrogen-bond acceptors (Lipinski definition) is 4. The van der Waals surface area contributed by atoms with E-state index in [9.17, 15) is 18.0 Å². The first kappa shape index (κ1) is 19.6. The zero-order chi connectivity index (χ0) is 20.8. The maximum absolute atomic E-state index is 13.3. The monoisotopic (exact) mass is 406 g/mol. The van der Waals surface area contributed by atoms with E-state index < -0.39 is 17.8 Å². The molecule has 2 aromatic rings. The summed E-state index contributed by atoms with van der Waals surface area (Å²) in [6.45, 7) is 2.19. The molecule has 4 nitrogen and oxygen atoms in total. The highest BCUT2D eigenvalue weighted by molar-refractivity contribution is 5.71. The van der Waals surface area contributed by atoms with E-state index in [0.29, 0.717) is 42.1 Å². The van der Waals surface area contributed by atoms with Gasteiger partial charge < -0.3 is 14.2 Å². The van der Waals surface area contributed by atoms with Crippen molar-refractivity contribution in [1.82, 2.24) is 0 Å². The molecule has 0 saturated heterocycles. The minimum Gasteiger partial charge on any atom is -0.492 e. The molecule has 0 amide bonds. The zero-order valence-corrected chi connectivity index (χ0v) is 16.1. The second-order valence-corrected chi connectivity index (χ2v) is 7.45. The van der Waals surface area contributed by atoms with Crippen LogP contribution in [0, 0.1) is 6.92 Å². The highest BCUT2D eigenvalue weighted by Gasteiger charge is 2.38. The number of benzene rings is 2. The summed E-state index contributed by atoms with van der Waals surface area (Å²) in [5.41, 5.74) is 2.09. The molecule has 2 aromatic carbocycles. The Morgan fingerprint density at radius 3 is 2.76 bits per heavy atom. The van der Waals surface area contributed by atoms with Crippen LogP contribution in [0.25, 0.3) is 0 Å². The summed E-state index contributed by atoms with van der Waals surface area (Å²) in [6.07, 6.45) is -3.75. The maximum Gasteiger partial charge on any atom is 0.416 e. The summed E-state index contributed by atoms with van der Waals surface area (Å²) in [6, 6.07) is 8.03. The van der Waals surface area contributed by atoms with Crippen molar-refractivity contribution >= 4 is 5.97 Å². The first-order chi connectivity index (χ1) is 13.8. The van der Waals surface area contributed by atoms with Crippen molar-refractivity contribution in [2.75, 3.05) is 13.7 Å². The Morgan fingerprint density at radius 2 is 2.03 bits per heavy atom. The second kappa shape index (κ2) is 7.28. The van der Waals surface area contributed by atoms with Crippen LogP contribution < -0.4 is 9.47 Å². The van der Waals surface area contributed by atoms with Gasteiger partial charge in [0.1, 0.15) is 17.6 Å². The van der Waals surface area contributed by atoms with Crippen LogP contribution >= 0.6 is 0 Å². The van der Waals surface area contributed by atoms with Gasteiger partial charge in [-0.05, 0) is 48.6 Å². The Labute approximate surface area is 166 Å². The van der Waals surface area contributed by atoms with Crippen LogP contribution in [0.3, 0.4) is 0 Å². The standard InChI is InChI=1S/C22H21F3O4/c1-12-3-7-17(22(23,24)25)16-6-8-18(21(12)16)29-14-4-5-15-13(9-20(26)27-2)11-28-19(15)10-14/h3-5,7,10,13,18H,6,8-9,11H2,1-2H3/t13-,18-/m1/s1. The fourth-order valence-electron chi connectivity index (χ4n) is 4.25. The van der Waals surface area contributed by atoms with E-state index in [2.05, 4.69) is 0 Å². The van der Waals surface area contributed by atoms with Crippen LogP contribution in [0.2, 0.25) is 0 Å². The second-order valence-electron chi connectivity index (χ2n) is 7.45. The van der Waals surface area contributed by atoms with Gasteiger partial charge in [-0.3, -0.25) is 4.79 Å². The molecule has 0 aromatic heterocycles. The summed E-state index contributed by atoms with van der Waals surface area (Å²) < 4.78 is 56.5. The number of halogens is 3. The van der Waals surface area contributed by atoms with Gasteiger partial charge in [0.25, 0.3) is 0 Å². The van der Waals surface area contributed by atoms with Gasteiger partial charge in [0.15, 0.2) is 0 Å². The lowest BCUT2D eigenvalue weighted by Gasteiger charge is -2.19. The fourth-order valence-corrected chi connectivity index (χ4v) is 4.25. The van der Waals surface area contributed by atoms with Crippen molar-refractivity contribution < 1.29 is 32.2 Å². The number of hydrogen-bond donors (Lipinski definition) is 0. The molecule has 0 fully saturated rings. The molecule has 1 aliphatic heterocycles. The number of aryl methyl sites for hydroxylation is 1. The highest BCUT2D eigenvalue weighted by Crippen LogP contribution is 2.45. The van der Waals surface area contributed by atoms with Gasteiger partial charge in [-0.2, -0.15) is 13.2 Å². The van der Waals surface area contributed by atoms with Crippen molar-refractivity contribution in [2.45, 2.75) is 44.4 Å². The van der Waals surface area contributed by atoms with Crippen molar-refractivity contribution in [3.8, 4) is 11.5 Å². The van der Waals surface area contributed by atoms with Gasteiger partial charge in [0, 0.05) is 17.5 Å². The third-order valence-electron chi connectivity index (χ3n) is 5.64. The van der Waals surface area contributed by atoms with Gasteiger partial charge in [-0.15, -0.1) is 0 Å². The lowest BCUT2D eigenvalue weighted by Crippen LogP contribution is -2.11. The molecule has 0 unspecified atom stereocenters. The highest BCUT2D eigenvalue weighted by atomic mass is 19.4. The molecule has 1 heterocycles. The topological polar surface area (TPSA) is 44.8 Å². The quantitative estimate of drug-likeness (QED) is 0.662. The molecule has 29 heavy (non-hydrogen) atoms. The smallest absolute Gasteiger partial charge is 0.416 e. The van der Waals surface area contributed by atoms with Crippen LogP contribution in [0.1, 0.15) is 52.7 Å². The average molecular weight is 406 g/mol. The number of ether oxygens (including phenoxy) is 3. The van der Waals surface area contributed by atoms with Crippen LogP contribution in [0.15, 0.2) is 30.3 Å². The predicted octanol–water partition coefficient (Wildman–Crippen LogP) is 5.12. The molecule has 2 aliphatic rings. The average Bonchev–Trinajstić information content (AvgIpc) is 3.26. The number of alkyl halides is 3. The van der Waals surface area contributed by atoms with Gasteiger partial charge >= 0.3 is 12.1 Å². The number of esters is 1. The van der Waals surface area contributed by atoms with Crippen molar-refractivity contribution in [3.05, 3.63) is 58.1 Å². The Kier molecular flexibility index (Phi) is 4.92. The number of methoxy groups -OCH3 is 1. The lowest BCUT2D eigenvalue weighted by molar-refractivity contribution is -0.141. The molecule has 0 saturated carbocycles. The summed E-state index contributed by atoms with van der Waals surface area (Å²) in [5.74, 6) is 0.799. The third kappa shape index (κ3) is 3.66. The van der Waals surface area contributed by atoms with Gasteiger partial charge in [-0.25, -0.2) is 0 Å². The zero-order valence-electron chi connectivity index (χ0n) is 16.1. The molecule has 0 spiro atoms. The largest absolute Gasteiger partial charge is 0.492 e. The Bertz CT molecular complexity index is 952. The fraction of sp³-hybridized carbons (Fsp3) is 0.409. The third-order valence-corrected chi connectivity index (χ3v) is 5.64. The molecule has 7 heteroatoms. The van der Waals surface area contributed by atoms with E-state index in [4.69, 9.17) is 14.2 Å². The molecular weight excluding hydrogens is 385 g/mol. The van der Waals surface area contributed by atoms with E-state index in [1.807, 2.05) is 13.0 Å². The SMILES string of the molecule is COC(=O)C[C@@H]1COc2cc(O[C@@H]3CCc4c(C(F)(F)F)ccc(C)c43)ccc21. The van der Waals surface area contributed by atoms with Crippen molar-refractivity contribution in [2.24, 2.45) is 0 Å². The van der Waals surface area contributed by atoms with Crippen LogP contribution in [-0.4, -0.2) is 19.7 Å². The summed E-state index contributed by atoms with van der Waals surface area (Å²) in [4.78, 5) is 11.5. The molecule has 2 atom stereocenters. The summed E-state index contributed by atoms with van der Waals surface area (Å²) >= 11 is 0. The molecule has 0 N–H and O–H groups in total. The predicted molar refractivity (Wildman–Crippen MR) is 99.2 cm³/mol. The summed E-state index contributed by atoms with van der Waals surface area (Å²) in [5, 5.41) is 0. The first-order valence-corrected chi connectivity index (χ1v) is 9.47. The minimum atomic E-state index is -4.37. The van der Waals surface area contributed by atoms with Crippen LogP contribution in [0.4, 0.5) is 13.2 Å². The van der Waals surface area contributed by atoms with E-state index >= 15 is 0 Å². The molecule has 0 radical (unpaired) electrons.